The molecule has 0 aliphatic heterocycles. The molecule has 4 nitrogen and oxygen atoms in total. The molecule has 8 fully saturated rings. The van der Waals surface area contributed by atoms with Crippen molar-refractivity contribution in [3.63, 3.8) is 0 Å². The molecule has 0 spiro atoms. The summed E-state index contributed by atoms with van der Waals surface area (Å²) in [4.78, 5) is 0. The van der Waals surface area contributed by atoms with E-state index in [1.807, 2.05) is 0 Å². The summed E-state index contributed by atoms with van der Waals surface area (Å²) in [5.74, 6) is 3.86. The molecule has 4 atom stereocenters. The smallest absolute Gasteiger partial charge is 0.0598 e. The highest BCUT2D eigenvalue weighted by Gasteiger charge is 2.54. The minimum absolute atomic E-state index is 0.0155. The summed E-state index contributed by atoms with van der Waals surface area (Å²) in [5, 5.41) is 19.8. The van der Waals surface area contributed by atoms with E-state index < -0.39 is 0 Å². The molecule has 8 rings (SSSR count). The summed E-state index contributed by atoms with van der Waals surface area (Å²) >= 11 is 0. The van der Waals surface area contributed by atoms with Crippen molar-refractivity contribution < 1.29 is 10.2 Å². The van der Waals surface area contributed by atoms with Crippen LogP contribution in [0.5, 0.6) is 0 Å². The lowest BCUT2D eigenvalue weighted by atomic mass is 9.52. The zero-order valence-electron chi connectivity index (χ0n) is 14.7. The van der Waals surface area contributed by atoms with E-state index in [1.54, 1.807) is 0 Å². The molecule has 4 heteroatoms. The van der Waals surface area contributed by atoms with Crippen LogP contribution >= 0.6 is 0 Å². The quantitative estimate of drug-likeness (QED) is 0.543. The molecular formula is C20H34N2O2. The van der Waals surface area contributed by atoms with E-state index >= 15 is 0 Å². The van der Waals surface area contributed by atoms with Gasteiger partial charge in [-0.05, 0) is 99.7 Å². The first kappa shape index (κ1) is 16.0. The summed E-state index contributed by atoms with van der Waals surface area (Å²) in [5.41, 5.74) is 12.8. The van der Waals surface area contributed by atoms with Crippen molar-refractivity contribution in [1.29, 1.82) is 0 Å². The Kier molecular flexibility index (Phi) is 3.47. The Labute approximate surface area is 145 Å². The third kappa shape index (κ3) is 2.48. The number of aliphatic hydroxyl groups excluding tert-OH is 2. The van der Waals surface area contributed by atoms with E-state index in [9.17, 15) is 10.2 Å². The Hall–Kier alpha value is -0.160. The van der Waals surface area contributed by atoms with E-state index in [0.29, 0.717) is 23.7 Å². The van der Waals surface area contributed by atoms with Gasteiger partial charge >= 0.3 is 0 Å². The van der Waals surface area contributed by atoms with Crippen molar-refractivity contribution >= 4 is 0 Å². The molecular weight excluding hydrogens is 300 g/mol. The summed E-state index contributed by atoms with van der Waals surface area (Å²) < 4.78 is 0. The molecule has 0 radical (unpaired) electrons. The van der Waals surface area contributed by atoms with Gasteiger partial charge in [0.2, 0.25) is 0 Å². The van der Waals surface area contributed by atoms with E-state index in [0.717, 1.165) is 37.5 Å². The second-order valence-electron chi connectivity index (χ2n) is 10.6. The Bertz CT molecular complexity index is 446. The molecule has 8 saturated carbocycles. The van der Waals surface area contributed by atoms with Crippen molar-refractivity contribution in [2.45, 2.75) is 87.5 Å². The highest BCUT2D eigenvalue weighted by molar-refractivity contribution is 5.08. The van der Waals surface area contributed by atoms with Crippen molar-refractivity contribution in [3.05, 3.63) is 0 Å². The number of hydrogen-bond donors (Lipinski definition) is 4. The predicted molar refractivity (Wildman–Crippen MR) is 93.0 cm³/mol. The van der Waals surface area contributed by atoms with Gasteiger partial charge in [-0.1, -0.05) is 0 Å². The van der Waals surface area contributed by atoms with Gasteiger partial charge in [0, 0.05) is 11.1 Å². The van der Waals surface area contributed by atoms with Crippen LogP contribution in [0.3, 0.4) is 0 Å². The Morgan fingerprint density at radius 2 is 0.833 bits per heavy atom. The van der Waals surface area contributed by atoms with Crippen molar-refractivity contribution in [1.82, 2.24) is 0 Å². The van der Waals surface area contributed by atoms with Gasteiger partial charge in [-0.25, -0.2) is 0 Å². The molecule has 6 N–H and O–H groups in total. The van der Waals surface area contributed by atoms with Crippen molar-refractivity contribution in [2.75, 3.05) is 0 Å². The SMILES string of the molecule is NC12CC3CC(C1)C(O)C(C3)C2.NC12CC3CC(C1)C(O)C(C3)C2. The first-order chi connectivity index (χ1) is 11.3. The van der Waals surface area contributed by atoms with Crippen LogP contribution < -0.4 is 11.5 Å². The van der Waals surface area contributed by atoms with Gasteiger partial charge in [-0.15, -0.1) is 0 Å². The van der Waals surface area contributed by atoms with Crippen LogP contribution in [0.2, 0.25) is 0 Å². The molecule has 0 saturated heterocycles. The lowest BCUT2D eigenvalue weighted by molar-refractivity contribution is -0.102. The summed E-state index contributed by atoms with van der Waals surface area (Å²) in [7, 11) is 0. The highest BCUT2D eigenvalue weighted by Crippen LogP contribution is 2.55. The maximum absolute atomic E-state index is 9.89. The highest BCUT2D eigenvalue weighted by atomic mass is 16.3. The second kappa shape index (κ2) is 5.18. The fraction of sp³-hybridized carbons (Fsp3) is 1.00. The fourth-order valence-electron chi connectivity index (χ4n) is 8.12. The molecule has 8 aliphatic carbocycles. The van der Waals surface area contributed by atoms with Gasteiger partial charge in [0.05, 0.1) is 12.2 Å². The van der Waals surface area contributed by atoms with Crippen molar-refractivity contribution in [2.24, 2.45) is 47.0 Å². The molecule has 24 heavy (non-hydrogen) atoms. The van der Waals surface area contributed by atoms with Crippen molar-refractivity contribution in [3.8, 4) is 0 Å². The predicted octanol–water partition coefficient (Wildman–Crippen LogP) is 1.77. The number of nitrogens with two attached hydrogens (primary N) is 2. The van der Waals surface area contributed by atoms with Gasteiger partial charge in [-0.3, -0.25) is 0 Å². The molecule has 0 aromatic rings. The van der Waals surface area contributed by atoms with Crippen LogP contribution in [0.4, 0.5) is 0 Å². The number of hydrogen-bond acceptors (Lipinski definition) is 4. The monoisotopic (exact) mass is 334 g/mol. The van der Waals surface area contributed by atoms with Gasteiger partial charge in [-0.2, -0.15) is 0 Å². The zero-order valence-corrected chi connectivity index (χ0v) is 14.7. The maximum Gasteiger partial charge on any atom is 0.0598 e. The molecule has 0 amide bonds. The zero-order chi connectivity index (χ0) is 16.7. The summed E-state index contributed by atoms with van der Waals surface area (Å²) in [6.45, 7) is 0. The van der Waals surface area contributed by atoms with Crippen LogP contribution in [0.15, 0.2) is 0 Å². The molecule has 136 valence electrons. The summed E-state index contributed by atoms with van der Waals surface area (Å²) in [6.07, 6.45) is 11.8. The molecule has 8 aliphatic rings. The van der Waals surface area contributed by atoms with Crippen LogP contribution in [0.25, 0.3) is 0 Å². The van der Waals surface area contributed by atoms with Crippen LogP contribution in [-0.2, 0) is 0 Å². The Morgan fingerprint density at radius 3 is 1.08 bits per heavy atom. The fourth-order valence-corrected chi connectivity index (χ4v) is 8.12. The van der Waals surface area contributed by atoms with Gasteiger partial charge < -0.3 is 21.7 Å². The Morgan fingerprint density at radius 1 is 0.542 bits per heavy atom. The van der Waals surface area contributed by atoms with Gasteiger partial charge in [0.15, 0.2) is 0 Å². The van der Waals surface area contributed by atoms with Crippen LogP contribution in [0, 0.1) is 35.5 Å². The maximum atomic E-state index is 9.89. The minimum Gasteiger partial charge on any atom is -0.393 e. The standard InChI is InChI=1S/2C10H17NO/c2*11-10-3-6-1-7(4-10)9(12)8(2-6)5-10/h2*6-9,12H,1-5,11H2. The normalized spacial score (nSPS) is 62.5. The lowest BCUT2D eigenvalue weighted by Gasteiger charge is -2.57. The summed E-state index contributed by atoms with van der Waals surface area (Å²) in [6, 6.07) is 0. The van der Waals surface area contributed by atoms with E-state index in [-0.39, 0.29) is 23.3 Å². The molecule has 0 aromatic heterocycles. The first-order valence-electron chi connectivity index (χ1n) is 10.3. The Balaban J connectivity index is 0.000000109. The molecule has 0 heterocycles. The average molecular weight is 335 g/mol. The van der Waals surface area contributed by atoms with E-state index in [4.69, 9.17) is 11.5 Å². The van der Waals surface area contributed by atoms with E-state index in [2.05, 4.69) is 0 Å². The molecule has 8 bridgehead atoms. The minimum atomic E-state index is -0.0155. The van der Waals surface area contributed by atoms with Crippen LogP contribution in [0.1, 0.15) is 64.2 Å². The number of aliphatic hydroxyl groups is 2. The van der Waals surface area contributed by atoms with Crippen LogP contribution in [-0.4, -0.2) is 33.5 Å². The van der Waals surface area contributed by atoms with Gasteiger partial charge in [0.1, 0.15) is 0 Å². The average Bonchev–Trinajstić information content (AvgIpc) is 2.47. The lowest BCUT2D eigenvalue weighted by Crippen LogP contribution is -2.60. The third-order valence-electron chi connectivity index (χ3n) is 8.54. The topological polar surface area (TPSA) is 92.5 Å². The molecule has 0 aromatic carbocycles. The van der Waals surface area contributed by atoms with Gasteiger partial charge in [0.25, 0.3) is 0 Å². The molecule has 4 unspecified atom stereocenters. The number of rotatable bonds is 0. The third-order valence-corrected chi connectivity index (χ3v) is 8.54. The second-order valence-corrected chi connectivity index (χ2v) is 10.6. The first-order valence-corrected chi connectivity index (χ1v) is 10.3. The van der Waals surface area contributed by atoms with E-state index in [1.165, 1.54) is 38.5 Å². The largest absolute Gasteiger partial charge is 0.393 e.